The first kappa shape index (κ1) is 34.6. The highest BCUT2D eigenvalue weighted by Crippen LogP contribution is 2.64. The third-order valence-electron chi connectivity index (χ3n) is 14.4. The van der Waals surface area contributed by atoms with Gasteiger partial charge in [-0.05, 0) is 177 Å². The van der Waals surface area contributed by atoms with Crippen LogP contribution >= 0.6 is 0 Å². The van der Waals surface area contributed by atoms with E-state index in [-0.39, 0.29) is 10.8 Å². The minimum atomic E-state index is -0.429. The molecule has 4 aliphatic carbocycles. The van der Waals surface area contributed by atoms with Crippen molar-refractivity contribution in [3.63, 3.8) is 0 Å². The molecule has 0 saturated heterocycles. The summed E-state index contributed by atoms with van der Waals surface area (Å²) >= 11 is 0. The molecule has 0 fully saturated rings. The Morgan fingerprint density at radius 1 is 0.404 bits per heavy atom. The van der Waals surface area contributed by atoms with Gasteiger partial charge in [-0.3, -0.25) is 0 Å². The second kappa shape index (κ2) is 12.4. The minimum absolute atomic E-state index is 0.0930. The van der Waals surface area contributed by atoms with Crippen LogP contribution in [0.3, 0.4) is 0 Å². The van der Waals surface area contributed by atoms with Crippen LogP contribution in [0.25, 0.3) is 33.4 Å². The van der Waals surface area contributed by atoms with Crippen molar-refractivity contribution < 1.29 is 0 Å². The summed E-state index contributed by atoms with van der Waals surface area (Å²) in [6.45, 7) is 12.2. The third-order valence-corrected chi connectivity index (χ3v) is 14.4. The van der Waals surface area contributed by atoms with Gasteiger partial charge < -0.3 is 4.90 Å². The third kappa shape index (κ3) is 4.94. The minimum Gasteiger partial charge on any atom is -0.310 e. The number of fused-ring (bicyclic) bond motifs is 12. The molecule has 1 spiro atoms. The van der Waals surface area contributed by atoms with E-state index < -0.39 is 5.41 Å². The molecule has 0 radical (unpaired) electrons. The molecule has 11 rings (SSSR count). The maximum Gasteiger partial charge on any atom is 0.0726 e. The van der Waals surface area contributed by atoms with Crippen molar-refractivity contribution in [2.75, 3.05) is 4.90 Å². The Hall–Kier alpha value is -5.66. The summed E-state index contributed by atoms with van der Waals surface area (Å²) in [5.41, 5.74) is 24.3. The zero-order valence-corrected chi connectivity index (χ0v) is 34.0. The lowest BCUT2D eigenvalue weighted by molar-refractivity contribution is 0.332. The van der Waals surface area contributed by atoms with E-state index in [2.05, 4.69) is 185 Å². The number of rotatable bonds is 4. The zero-order chi connectivity index (χ0) is 38.7. The predicted octanol–water partition coefficient (Wildman–Crippen LogP) is 14.7. The predicted molar refractivity (Wildman–Crippen MR) is 240 cm³/mol. The summed E-state index contributed by atoms with van der Waals surface area (Å²) in [5.74, 6) is 0. The number of hydrogen-bond acceptors (Lipinski definition) is 1. The summed E-state index contributed by atoms with van der Waals surface area (Å²) < 4.78 is 0. The summed E-state index contributed by atoms with van der Waals surface area (Å²) in [7, 11) is 0. The van der Waals surface area contributed by atoms with E-state index in [1.807, 2.05) is 0 Å². The first-order valence-corrected chi connectivity index (χ1v) is 21.3. The molecule has 0 unspecified atom stereocenters. The number of hydrogen-bond donors (Lipinski definition) is 0. The van der Waals surface area contributed by atoms with E-state index in [0.29, 0.717) is 0 Å². The van der Waals surface area contributed by atoms with Gasteiger partial charge in [0, 0.05) is 16.9 Å². The van der Waals surface area contributed by atoms with Crippen LogP contribution in [-0.2, 0) is 29.1 Å². The first-order valence-electron chi connectivity index (χ1n) is 21.3. The maximum atomic E-state index is 2.62. The Bertz CT molecular complexity index is 2720. The average Bonchev–Trinajstić information content (AvgIpc) is 3.69. The molecule has 7 aromatic rings. The molecule has 0 amide bonds. The fraction of sp³-hybridized carbons (Fsp3) is 0.250. The van der Waals surface area contributed by atoms with E-state index >= 15 is 0 Å². The molecule has 0 aromatic heterocycles. The van der Waals surface area contributed by atoms with Crippen molar-refractivity contribution in [1.82, 2.24) is 0 Å². The Balaban J connectivity index is 1.28. The average molecular weight is 738 g/mol. The Kier molecular flexibility index (Phi) is 7.53. The molecule has 0 N–H and O–H groups in total. The zero-order valence-electron chi connectivity index (χ0n) is 34.0. The molecule has 0 aliphatic heterocycles. The van der Waals surface area contributed by atoms with Gasteiger partial charge in [-0.15, -0.1) is 0 Å². The van der Waals surface area contributed by atoms with Gasteiger partial charge in [0.25, 0.3) is 0 Å². The van der Waals surface area contributed by atoms with E-state index in [4.69, 9.17) is 0 Å². The van der Waals surface area contributed by atoms with Crippen molar-refractivity contribution in [1.29, 1.82) is 0 Å². The molecule has 0 saturated carbocycles. The fourth-order valence-electron chi connectivity index (χ4n) is 11.4. The van der Waals surface area contributed by atoms with Crippen molar-refractivity contribution in [2.45, 2.75) is 89.4 Å². The number of aryl methyl sites for hydroxylation is 3. The lowest BCUT2D eigenvalue weighted by Gasteiger charge is -2.42. The van der Waals surface area contributed by atoms with Crippen LogP contribution in [0.5, 0.6) is 0 Å². The second-order valence-corrected chi connectivity index (χ2v) is 18.6. The Morgan fingerprint density at radius 3 is 1.58 bits per heavy atom. The van der Waals surface area contributed by atoms with Crippen LogP contribution in [0.4, 0.5) is 17.1 Å². The highest BCUT2D eigenvalue weighted by atomic mass is 15.1. The topological polar surface area (TPSA) is 3.24 Å². The fourth-order valence-corrected chi connectivity index (χ4v) is 11.4. The van der Waals surface area contributed by atoms with Gasteiger partial charge in [-0.2, -0.15) is 0 Å². The molecule has 4 aliphatic rings. The van der Waals surface area contributed by atoms with Crippen LogP contribution in [0.2, 0.25) is 0 Å². The number of nitrogens with zero attached hydrogens (tertiary/aromatic N) is 1. The SMILES string of the molecule is Cc1cc2c(cc1-c1cc3c(cc1N(c1ccccc1)c1ccc4c(c1)CCCC4)C1(c4ccccc4-c4ccccc41)c1ccccc1-3)C(C)(C)CCC2(C)C. The van der Waals surface area contributed by atoms with Crippen molar-refractivity contribution in [2.24, 2.45) is 0 Å². The summed E-state index contributed by atoms with van der Waals surface area (Å²) in [6, 6.07) is 56.4. The Morgan fingerprint density at radius 2 is 0.947 bits per heavy atom. The molecule has 0 bridgehead atoms. The van der Waals surface area contributed by atoms with Crippen LogP contribution in [-0.4, -0.2) is 0 Å². The van der Waals surface area contributed by atoms with E-state index in [1.165, 1.54) is 133 Å². The summed E-state index contributed by atoms with van der Waals surface area (Å²) in [5, 5.41) is 0. The number of benzene rings is 7. The van der Waals surface area contributed by atoms with Gasteiger partial charge in [-0.1, -0.05) is 131 Å². The second-order valence-electron chi connectivity index (χ2n) is 18.6. The molecule has 57 heavy (non-hydrogen) atoms. The van der Waals surface area contributed by atoms with Crippen LogP contribution in [0, 0.1) is 6.92 Å². The maximum absolute atomic E-state index is 2.62. The summed E-state index contributed by atoms with van der Waals surface area (Å²) in [4.78, 5) is 2.59. The lowest BCUT2D eigenvalue weighted by atomic mass is 9.62. The quantitative estimate of drug-likeness (QED) is 0.174. The molecular formula is C56H51N. The molecule has 0 atom stereocenters. The molecule has 1 nitrogen and oxygen atoms in total. The normalized spacial score (nSPS) is 17.2. The monoisotopic (exact) mass is 737 g/mol. The largest absolute Gasteiger partial charge is 0.310 e. The highest BCUT2D eigenvalue weighted by Gasteiger charge is 2.52. The van der Waals surface area contributed by atoms with Gasteiger partial charge >= 0.3 is 0 Å². The van der Waals surface area contributed by atoms with Crippen LogP contribution < -0.4 is 4.90 Å². The van der Waals surface area contributed by atoms with E-state index in [9.17, 15) is 0 Å². The molecule has 280 valence electrons. The van der Waals surface area contributed by atoms with Crippen molar-refractivity contribution >= 4 is 17.1 Å². The summed E-state index contributed by atoms with van der Waals surface area (Å²) in [6.07, 6.45) is 7.24. The van der Waals surface area contributed by atoms with Crippen LogP contribution in [0.1, 0.15) is 103 Å². The van der Waals surface area contributed by atoms with Crippen molar-refractivity contribution in [3.8, 4) is 33.4 Å². The van der Waals surface area contributed by atoms with E-state index in [1.54, 1.807) is 0 Å². The molecule has 1 heteroatoms. The number of anilines is 3. The van der Waals surface area contributed by atoms with Gasteiger partial charge in [-0.25, -0.2) is 0 Å². The highest BCUT2D eigenvalue weighted by molar-refractivity contribution is 6.00. The van der Waals surface area contributed by atoms with Crippen LogP contribution in [0.15, 0.2) is 146 Å². The lowest BCUT2D eigenvalue weighted by Crippen LogP contribution is -2.34. The van der Waals surface area contributed by atoms with Gasteiger partial charge in [0.05, 0.1) is 11.1 Å². The molecule has 7 aromatic carbocycles. The number of para-hydroxylation sites is 1. The van der Waals surface area contributed by atoms with E-state index in [0.717, 1.165) is 6.42 Å². The Labute approximate surface area is 339 Å². The smallest absolute Gasteiger partial charge is 0.0726 e. The first-order chi connectivity index (χ1) is 27.7. The molecular weight excluding hydrogens is 687 g/mol. The van der Waals surface area contributed by atoms with Crippen molar-refractivity contribution in [3.05, 3.63) is 196 Å². The molecule has 0 heterocycles. The van der Waals surface area contributed by atoms with Gasteiger partial charge in [0.2, 0.25) is 0 Å². The standard InChI is InChI=1S/C56H51N/c1-36-31-51-52(55(4,5)30-29-54(51,2)3)34-44(36)46-33-45-43-23-13-16-26-49(43)56(47-24-14-11-21-41(47)42-22-12-15-25-48(42)56)50(45)35-53(46)57(39-19-7-6-8-20-39)40-28-27-37-17-9-10-18-38(37)32-40/h6-8,11-16,19-28,31-35H,9-10,17-18,29-30H2,1-5H3. The van der Waals surface area contributed by atoms with Gasteiger partial charge in [0.15, 0.2) is 0 Å². The van der Waals surface area contributed by atoms with Gasteiger partial charge in [0.1, 0.15) is 0 Å².